The molecule has 2 aromatic heterocycles. The second-order valence-electron chi connectivity index (χ2n) is 6.88. The van der Waals surface area contributed by atoms with Gasteiger partial charge in [0, 0.05) is 17.0 Å². The highest BCUT2D eigenvalue weighted by Gasteiger charge is 2.20. The van der Waals surface area contributed by atoms with Crippen molar-refractivity contribution in [2.75, 3.05) is 0 Å². The Morgan fingerprint density at radius 2 is 1.92 bits per heavy atom. The van der Waals surface area contributed by atoms with Crippen molar-refractivity contribution in [3.63, 3.8) is 0 Å². The molecule has 1 aliphatic rings. The predicted molar refractivity (Wildman–Crippen MR) is 101 cm³/mol. The second kappa shape index (κ2) is 6.17. The highest BCUT2D eigenvalue weighted by atomic mass is 32.1. The molecule has 0 radical (unpaired) electrons. The first kappa shape index (κ1) is 15.6. The standard InChI is InChI=1S/C20H22N2OS/c1-13-8-9-15(10-14(13)2)17-11-24-19-18(17)20(23)22(12-21-19)16-6-4-3-5-7-16/h8-12,16H,3-7H2,1-2H3. The summed E-state index contributed by atoms with van der Waals surface area (Å²) in [6.07, 6.45) is 7.66. The molecule has 1 saturated carbocycles. The fourth-order valence-electron chi connectivity index (χ4n) is 3.69. The fourth-order valence-corrected chi connectivity index (χ4v) is 4.59. The van der Waals surface area contributed by atoms with Gasteiger partial charge in [-0.25, -0.2) is 4.98 Å². The van der Waals surface area contributed by atoms with Gasteiger partial charge in [-0.2, -0.15) is 0 Å². The van der Waals surface area contributed by atoms with Crippen LogP contribution in [0.1, 0.15) is 49.3 Å². The van der Waals surface area contributed by atoms with Gasteiger partial charge in [-0.1, -0.05) is 37.5 Å². The molecule has 0 amide bonds. The Labute approximate surface area is 146 Å². The zero-order valence-electron chi connectivity index (χ0n) is 14.2. The van der Waals surface area contributed by atoms with Crippen LogP contribution in [-0.4, -0.2) is 9.55 Å². The molecule has 0 atom stereocenters. The lowest BCUT2D eigenvalue weighted by molar-refractivity contribution is 0.345. The Bertz CT molecular complexity index is 948. The summed E-state index contributed by atoms with van der Waals surface area (Å²) in [7, 11) is 0. The van der Waals surface area contributed by atoms with E-state index in [1.165, 1.54) is 30.4 Å². The van der Waals surface area contributed by atoms with E-state index in [-0.39, 0.29) is 5.56 Å². The third kappa shape index (κ3) is 2.59. The molecule has 1 fully saturated rings. The number of rotatable bonds is 2. The smallest absolute Gasteiger partial charge is 0.262 e. The van der Waals surface area contributed by atoms with E-state index in [2.05, 4.69) is 42.4 Å². The molecule has 3 aromatic rings. The van der Waals surface area contributed by atoms with Crippen molar-refractivity contribution in [1.29, 1.82) is 0 Å². The van der Waals surface area contributed by atoms with Crippen molar-refractivity contribution in [2.45, 2.75) is 52.0 Å². The third-order valence-corrected chi connectivity index (χ3v) is 6.19. The van der Waals surface area contributed by atoms with E-state index in [0.717, 1.165) is 34.2 Å². The Morgan fingerprint density at radius 1 is 1.12 bits per heavy atom. The molecule has 4 rings (SSSR count). The van der Waals surface area contributed by atoms with Crippen molar-refractivity contribution in [2.24, 2.45) is 0 Å². The molecule has 1 aliphatic carbocycles. The molecule has 0 spiro atoms. The van der Waals surface area contributed by atoms with Gasteiger partial charge in [0.15, 0.2) is 0 Å². The molecule has 3 nitrogen and oxygen atoms in total. The van der Waals surface area contributed by atoms with Crippen molar-refractivity contribution < 1.29 is 0 Å². The third-order valence-electron chi connectivity index (χ3n) is 5.31. The molecule has 0 N–H and O–H groups in total. The number of aryl methyl sites for hydroxylation is 2. The van der Waals surface area contributed by atoms with Crippen LogP contribution in [0.4, 0.5) is 0 Å². The quantitative estimate of drug-likeness (QED) is 0.640. The number of fused-ring (bicyclic) bond motifs is 1. The van der Waals surface area contributed by atoms with Gasteiger partial charge in [-0.3, -0.25) is 9.36 Å². The molecular formula is C20H22N2OS. The highest BCUT2D eigenvalue weighted by Crippen LogP contribution is 2.33. The summed E-state index contributed by atoms with van der Waals surface area (Å²) in [5.41, 5.74) is 4.80. The SMILES string of the molecule is Cc1ccc(-c2csc3ncn(C4CCCCC4)c(=O)c23)cc1C. The first-order valence-electron chi connectivity index (χ1n) is 8.71. The maximum absolute atomic E-state index is 13.2. The van der Waals surface area contributed by atoms with Gasteiger partial charge >= 0.3 is 0 Å². The highest BCUT2D eigenvalue weighted by molar-refractivity contribution is 7.17. The minimum atomic E-state index is 0.126. The van der Waals surface area contributed by atoms with Crippen LogP contribution in [0.25, 0.3) is 21.3 Å². The van der Waals surface area contributed by atoms with Crippen LogP contribution in [0.3, 0.4) is 0 Å². The average Bonchev–Trinajstić information content (AvgIpc) is 3.03. The molecule has 124 valence electrons. The zero-order chi connectivity index (χ0) is 16.7. The lowest BCUT2D eigenvalue weighted by Gasteiger charge is -2.23. The monoisotopic (exact) mass is 338 g/mol. The molecule has 0 bridgehead atoms. The first-order valence-corrected chi connectivity index (χ1v) is 9.59. The average molecular weight is 338 g/mol. The number of hydrogen-bond acceptors (Lipinski definition) is 3. The van der Waals surface area contributed by atoms with Crippen LogP contribution in [0, 0.1) is 13.8 Å². The van der Waals surface area contributed by atoms with E-state index >= 15 is 0 Å². The molecule has 0 unspecified atom stereocenters. The molecule has 0 aliphatic heterocycles. The molecule has 24 heavy (non-hydrogen) atoms. The Kier molecular flexibility index (Phi) is 4.01. The lowest BCUT2D eigenvalue weighted by Crippen LogP contribution is -2.26. The molecular weight excluding hydrogens is 316 g/mol. The minimum Gasteiger partial charge on any atom is -0.296 e. The zero-order valence-corrected chi connectivity index (χ0v) is 15.0. The molecule has 1 aromatic carbocycles. The van der Waals surface area contributed by atoms with Crippen LogP contribution in [0.15, 0.2) is 34.7 Å². The van der Waals surface area contributed by atoms with Crippen LogP contribution in [-0.2, 0) is 0 Å². The molecule has 0 saturated heterocycles. The molecule has 2 heterocycles. The Balaban J connectivity index is 1.88. The summed E-state index contributed by atoms with van der Waals surface area (Å²) in [5.74, 6) is 0. The predicted octanol–water partition coefficient (Wildman–Crippen LogP) is 5.25. The lowest BCUT2D eigenvalue weighted by atomic mass is 9.95. The van der Waals surface area contributed by atoms with Gasteiger partial charge in [0.25, 0.3) is 5.56 Å². The normalized spacial score (nSPS) is 15.9. The number of aromatic nitrogens is 2. The first-order chi connectivity index (χ1) is 11.6. The molecule has 4 heteroatoms. The maximum atomic E-state index is 13.2. The van der Waals surface area contributed by atoms with Crippen LogP contribution in [0.5, 0.6) is 0 Å². The van der Waals surface area contributed by atoms with E-state index in [4.69, 9.17) is 0 Å². The van der Waals surface area contributed by atoms with Gasteiger partial charge in [-0.05, 0) is 43.4 Å². The maximum Gasteiger partial charge on any atom is 0.262 e. The summed E-state index contributed by atoms with van der Waals surface area (Å²) in [6, 6.07) is 6.73. The van der Waals surface area contributed by atoms with Gasteiger partial charge < -0.3 is 0 Å². The topological polar surface area (TPSA) is 34.9 Å². The number of benzene rings is 1. The fraction of sp³-hybridized carbons (Fsp3) is 0.400. The van der Waals surface area contributed by atoms with E-state index in [1.54, 1.807) is 17.7 Å². The number of hydrogen-bond donors (Lipinski definition) is 0. The summed E-state index contributed by atoms with van der Waals surface area (Å²) >= 11 is 1.56. The van der Waals surface area contributed by atoms with Gasteiger partial charge in [0.2, 0.25) is 0 Å². The van der Waals surface area contributed by atoms with E-state index in [1.807, 2.05) is 4.57 Å². The van der Waals surface area contributed by atoms with E-state index in [0.29, 0.717) is 6.04 Å². The van der Waals surface area contributed by atoms with Crippen molar-refractivity contribution >= 4 is 21.6 Å². The van der Waals surface area contributed by atoms with Crippen molar-refractivity contribution in [3.8, 4) is 11.1 Å². The van der Waals surface area contributed by atoms with E-state index < -0.39 is 0 Å². The van der Waals surface area contributed by atoms with Crippen molar-refractivity contribution in [3.05, 3.63) is 51.4 Å². The number of thiophene rings is 1. The largest absolute Gasteiger partial charge is 0.296 e. The van der Waals surface area contributed by atoms with E-state index in [9.17, 15) is 4.79 Å². The Hall–Kier alpha value is -1.94. The van der Waals surface area contributed by atoms with Crippen molar-refractivity contribution in [1.82, 2.24) is 9.55 Å². The second-order valence-corrected chi connectivity index (χ2v) is 7.74. The summed E-state index contributed by atoms with van der Waals surface area (Å²) in [6.45, 7) is 4.23. The van der Waals surface area contributed by atoms with Crippen LogP contribution in [0.2, 0.25) is 0 Å². The van der Waals surface area contributed by atoms with Gasteiger partial charge in [0.1, 0.15) is 4.83 Å². The van der Waals surface area contributed by atoms with Gasteiger partial charge in [0.05, 0.1) is 11.7 Å². The summed E-state index contributed by atoms with van der Waals surface area (Å²) in [5, 5.41) is 2.87. The summed E-state index contributed by atoms with van der Waals surface area (Å²) < 4.78 is 1.89. The van der Waals surface area contributed by atoms with Crippen LogP contribution >= 0.6 is 11.3 Å². The minimum absolute atomic E-state index is 0.126. The summed E-state index contributed by atoms with van der Waals surface area (Å²) in [4.78, 5) is 18.6. The Morgan fingerprint density at radius 3 is 2.67 bits per heavy atom. The number of nitrogens with zero attached hydrogens (tertiary/aromatic N) is 2. The van der Waals surface area contributed by atoms with Crippen LogP contribution < -0.4 is 5.56 Å². The van der Waals surface area contributed by atoms with Gasteiger partial charge in [-0.15, -0.1) is 11.3 Å².